The molecule has 3 N–H and O–H groups in total. The molecule has 5 rings (SSSR count). The number of rotatable bonds is 7. The molecule has 0 bridgehead atoms. The molecule has 0 saturated carbocycles. The molecular formula is C27H29F2N5O. The van der Waals surface area contributed by atoms with Crippen LogP contribution in [0.2, 0.25) is 0 Å². The van der Waals surface area contributed by atoms with Gasteiger partial charge >= 0.3 is 0 Å². The van der Waals surface area contributed by atoms with Crippen molar-refractivity contribution in [3.05, 3.63) is 71.3 Å². The molecule has 0 amide bonds. The zero-order chi connectivity index (χ0) is 24.2. The second kappa shape index (κ2) is 10.6. The van der Waals surface area contributed by atoms with E-state index in [1.165, 1.54) is 12.1 Å². The third kappa shape index (κ3) is 4.96. The minimum Gasteiger partial charge on any atom is -0.396 e. The van der Waals surface area contributed by atoms with Crippen molar-refractivity contribution in [2.45, 2.75) is 25.8 Å². The Kier molecular flexibility index (Phi) is 7.13. The lowest BCUT2D eigenvalue weighted by Crippen LogP contribution is -2.20. The smallest absolute Gasteiger partial charge is 0.167 e. The first-order valence-corrected chi connectivity index (χ1v) is 12.1. The van der Waals surface area contributed by atoms with Crippen molar-refractivity contribution >= 4 is 11.1 Å². The summed E-state index contributed by atoms with van der Waals surface area (Å²) in [4.78, 5) is 0. The maximum absolute atomic E-state index is 15.3. The quantitative estimate of drug-likeness (QED) is 0.479. The molecule has 35 heavy (non-hydrogen) atoms. The fourth-order valence-corrected chi connectivity index (χ4v) is 4.70. The average Bonchev–Trinajstić information content (AvgIpc) is 3.31. The van der Waals surface area contributed by atoms with Gasteiger partial charge < -0.3 is 20.3 Å². The van der Waals surface area contributed by atoms with Crippen LogP contribution in [0.1, 0.15) is 30.4 Å². The van der Waals surface area contributed by atoms with E-state index in [1.807, 2.05) is 12.1 Å². The Morgan fingerprint density at radius 3 is 1.71 bits per heavy atom. The van der Waals surface area contributed by atoms with E-state index in [9.17, 15) is 5.11 Å². The minimum atomic E-state index is -0.403. The van der Waals surface area contributed by atoms with Crippen LogP contribution in [0.15, 0.2) is 48.6 Å². The molecule has 1 aromatic heterocycles. The summed E-state index contributed by atoms with van der Waals surface area (Å²) < 4.78 is 32.3. The maximum atomic E-state index is 15.3. The molecule has 8 heteroatoms. The highest BCUT2D eigenvalue weighted by molar-refractivity contribution is 5.72. The molecule has 0 aliphatic carbocycles. The van der Waals surface area contributed by atoms with Crippen molar-refractivity contribution in [3.8, 4) is 22.8 Å². The molecule has 0 saturated heterocycles. The summed E-state index contributed by atoms with van der Waals surface area (Å²) in [6, 6.07) is 10.3. The van der Waals surface area contributed by atoms with Gasteiger partial charge in [-0.2, -0.15) is 0 Å². The normalized spacial score (nSPS) is 16.2. The topological polar surface area (TPSA) is 75.0 Å². The van der Waals surface area contributed by atoms with Crippen molar-refractivity contribution < 1.29 is 13.9 Å². The molecule has 3 aromatic rings. The van der Waals surface area contributed by atoms with E-state index in [0.717, 1.165) is 61.3 Å². The SMILES string of the molecule is OCCCn1c(-c2ccc(C3=CCNCC3)cc2F)nnc1-c1ccc(C2=CCNCC2)cc1F. The Morgan fingerprint density at radius 1 is 0.800 bits per heavy atom. The fourth-order valence-electron chi connectivity index (χ4n) is 4.70. The summed E-state index contributed by atoms with van der Waals surface area (Å²) in [5.41, 5.74) is 4.53. The van der Waals surface area contributed by atoms with Crippen LogP contribution in [0.3, 0.4) is 0 Å². The van der Waals surface area contributed by atoms with Crippen LogP contribution in [0.5, 0.6) is 0 Å². The first-order valence-electron chi connectivity index (χ1n) is 12.1. The van der Waals surface area contributed by atoms with Gasteiger partial charge in [-0.1, -0.05) is 24.3 Å². The summed E-state index contributed by atoms with van der Waals surface area (Å²) in [5, 5.41) is 24.5. The number of aromatic nitrogens is 3. The number of hydrogen-bond acceptors (Lipinski definition) is 5. The third-order valence-corrected chi connectivity index (χ3v) is 6.58. The standard InChI is InChI=1S/C27H29F2N5O/c28-24-16-20(18-6-10-30-11-7-18)2-4-22(24)26-32-33-27(34(26)14-1-15-35)23-5-3-21(17-25(23)29)19-8-12-31-13-9-19/h2-6,8,16-17,30-31,35H,1,7,9-15H2. The van der Waals surface area contributed by atoms with E-state index in [0.29, 0.717) is 35.7 Å². The van der Waals surface area contributed by atoms with Gasteiger partial charge in [-0.15, -0.1) is 10.2 Å². The van der Waals surface area contributed by atoms with Crippen molar-refractivity contribution in [2.24, 2.45) is 0 Å². The number of nitrogens with one attached hydrogen (secondary N) is 2. The van der Waals surface area contributed by atoms with Crippen LogP contribution in [0, 0.1) is 11.6 Å². The molecule has 182 valence electrons. The molecule has 3 heterocycles. The predicted molar refractivity (Wildman–Crippen MR) is 133 cm³/mol. The van der Waals surface area contributed by atoms with Gasteiger partial charge in [0.15, 0.2) is 11.6 Å². The lowest BCUT2D eigenvalue weighted by Gasteiger charge is -2.16. The van der Waals surface area contributed by atoms with Crippen LogP contribution in [-0.2, 0) is 6.54 Å². The van der Waals surface area contributed by atoms with E-state index in [1.54, 1.807) is 16.7 Å². The van der Waals surface area contributed by atoms with Gasteiger partial charge in [0.1, 0.15) is 11.6 Å². The Bertz CT molecular complexity index is 1190. The zero-order valence-corrected chi connectivity index (χ0v) is 19.5. The van der Waals surface area contributed by atoms with E-state index >= 15 is 8.78 Å². The van der Waals surface area contributed by atoms with Gasteiger partial charge in [-0.05, 0) is 78.9 Å². The number of aliphatic hydroxyl groups is 1. The fraction of sp³-hybridized carbons (Fsp3) is 0.333. The van der Waals surface area contributed by atoms with Crippen molar-refractivity contribution in [1.29, 1.82) is 0 Å². The third-order valence-electron chi connectivity index (χ3n) is 6.58. The summed E-state index contributed by atoms with van der Waals surface area (Å²) in [7, 11) is 0. The van der Waals surface area contributed by atoms with E-state index in [4.69, 9.17) is 0 Å². The molecule has 0 radical (unpaired) electrons. The first kappa shape index (κ1) is 23.5. The number of hydrogen-bond donors (Lipinski definition) is 3. The number of halogens is 2. The number of nitrogens with zero attached hydrogens (tertiary/aromatic N) is 3. The number of benzene rings is 2. The van der Waals surface area contributed by atoms with Crippen LogP contribution in [0.25, 0.3) is 33.9 Å². The van der Waals surface area contributed by atoms with E-state index in [-0.39, 0.29) is 6.61 Å². The van der Waals surface area contributed by atoms with Crippen molar-refractivity contribution in [3.63, 3.8) is 0 Å². The second-order valence-corrected chi connectivity index (χ2v) is 8.83. The summed E-state index contributed by atoms with van der Waals surface area (Å²) in [6.45, 7) is 3.57. The van der Waals surface area contributed by atoms with E-state index in [2.05, 4.69) is 33.0 Å². The molecule has 0 spiro atoms. The Labute approximate surface area is 203 Å². The highest BCUT2D eigenvalue weighted by atomic mass is 19.1. The van der Waals surface area contributed by atoms with Gasteiger partial charge in [-0.3, -0.25) is 0 Å². The molecule has 0 atom stereocenters. The van der Waals surface area contributed by atoms with Crippen molar-refractivity contribution in [2.75, 3.05) is 32.8 Å². The zero-order valence-electron chi connectivity index (χ0n) is 19.5. The van der Waals surface area contributed by atoms with Crippen molar-refractivity contribution in [1.82, 2.24) is 25.4 Å². The Morgan fingerprint density at radius 2 is 1.31 bits per heavy atom. The molecular weight excluding hydrogens is 448 g/mol. The lowest BCUT2D eigenvalue weighted by atomic mass is 9.98. The first-order chi connectivity index (χ1) is 17.2. The molecule has 6 nitrogen and oxygen atoms in total. The van der Waals surface area contributed by atoms with Gasteiger partial charge in [0.25, 0.3) is 0 Å². The Hall–Kier alpha value is -3.20. The van der Waals surface area contributed by atoms with Crippen LogP contribution >= 0.6 is 0 Å². The average molecular weight is 478 g/mol. The molecule has 2 aliphatic heterocycles. The minimum absolute atomic E-state index is 0.0513. The predicted octanol–water partition coefficient (Wildman–Crippen LogP) is 4.03. The monoisotopic (exact) mass is 477 g/mol. The van der Waals surface area contributed by atoms with Crippen LogP contribution in [0.4, 0.5) is 8.78 Å². The summed E-state index contributed by atoms with van der Waals surface area (Å²) in [6.07, 6.45) is 6.26. The van der Waals surface area contributed by atoms with Gasteiger partial charge in [0.05, 0.1) is 11.1 Å². The lowest BCUT2D eigenvalue weighted by molar-refractivity contribution is 0.280. The second-order valence-electron chi connectivity index (χ2n) is 8.83. The number of aliphatic hydroxyl groups excluding tert-OH is 1. The molecule has 2 aliphatic rings. The highest BCUT2D eigenvalue weighted by Gasteiger charge is 2.21. The molecule has 2 aromatic carbocycles. The van der Waals surface area contributed by atoms with E-state index < -0.39 is 11.6 Å². The largest absolute Gasteiger partial charge is 0.396 e. The molecule has 0 fully saturated rings. The highest BCUT2D eigenvalue weighted by Crippen LogP contribution is 2.32. The molecule has 0 unspecified atom stereocenters. The van der Waals surface area contributed by atoms with Gasteiger partial charge in [0, 0.05) is 26.2 Å². The maximum Gasteiger partial charge on any atom is 0.167 e. The Balaban J connectivity index is 1.51. The van der Waals surface area contributed by atoms with Crippen LogP contribution in [-0.4, -0.2) is 52.7 Å². The summed E-state index contributed by atoms with van der Waals surface area (Å²) in [5.74, 6) is -0.165. The van der Waals surface area contributed by atoms with Crippen LogP contribution < -0.4 is 10.6 Å². The van der Waals surface area contributed by atoms with Gasteiger partial charge in [0.2, 0.25) is 0 Å². The van der Waals surface area contributed by atoms with Gasteiger partial charge in [-0.25, -0.2) is 8.78 Å². The summed E-state index contributed by atoms with van der Waals surface area (Å²) >= 11 is 0.